The van der Waals surface area contributed by atoms with Crippen molar-refractivity contribution in [3.05, 3.63) is 29.3 Å². The van der Waals surface area contributed by atoms with E-state index in [0.717, 1.165) is 38.0 Å². The van der Waals surface area contributed by atoms with Crippen LogP contribution < -0.4 is 10.5 Å². The monoisotopic (exact) mass is 217 g/mol. The molecule has 1 heterocycles. The van der Waals surface area contributed by atoms with Gasteiger partial charge in [0.2, 0.25) is 0 Å². The third-order valence-electron chi connectivity index (χ3n) is 3.99. The van der Waals surface area contributed by atoms with Gasteiger partial charge in [0, 0.05) is 5.54 Å². The van der Waals surface area contributed by atoms with Crippen LogP contribution in [0, 0.1) is 0 Å². The molecule has 3 rings (SSSR count). The zero-order chi connectivity index (χ0) is 11.0. The van der Waals surface area contributed by atoms with Crippen molar-refractivity contribution in [2.24, 2.45) is 5.73 Å². The summed E-state index contributed by atoms with van der Waals surface area (Å²) in [5, 5.41) is 0. The van der Waals surface area contributed by atoms with Crippen molar-refractivity contribution in [3.63, 3.8) is 0 Å². The van der Waals surface area contributed by atoms with E-state index in [1.807, 2.05) is 0 Å². The van der Waals surface area contributed by atoms with E-state index in [2.05, 4.69) is 18.2 Å². The molecule has 2 N–H and O–H groups in total. The molecule has 86 valence electrons. The molecule has 0 atom stereocenters. The topological polar surface area (TPSA) is 35.2 Å². The number of hydrogen-bond donors (Lipinski definition) is 1. The average molecular weight is 217 g/mol. The lowest BCUT2D eigenvalue weighted by molar-refractivity contribution is 0.287. The molecule has 0 spiro atoms. The first-order chi connectivity index (χ1) is 7.78. The van der Waals surface area contributed by atoms with Crippen molar-refractivity contribution >= 4 is 0 Å². The van der Waals surface area contributed by atoms with Gasteiger partial charge in [0.1, 0.15) is 5.75 Å². The number of fused-ring (bicyclic) bond motifs is 1. The molecular formula is C14H19NO. The molecule has 2 aliphatic rings. The number of ether oxygens (including phenoxy) is 1. The summed E-state index contributed by atoms with van der Waals surface area (Å²) in [4.78, 5) is 0. The zero-order valence-electron chi connectivity index (χ0n) is 9.67. The molecule has 0 radical (unpaired) electrons. The van der Waals surface area contributed by atoms with E-state index in [1.54, 1.807) is 0 Å². The third kappa shape index (κ3) is 1.61. The highest BCUT2D eigenvalue weighted by atomic mass is 16.5. The van der Waals surface area contributed by atoms with E-state index in [-0.39, 0.29) is 5.54 Å². The SMILES string of the molecule is NC1(c2ccc3c(c2)OCCC3)CCCC1. The first-order valence-electron chi connectivity index (χ1n) is 6.33. The Kier molecular flexibility index (Phi) is 2.40. The summed E-state index contributed by atoms with van der Waals surface area (Å²) in [5.74, 6) is 1.07. The minimum atomic E-state index is -0.0875. The Hall–Kier alpha value is -1.02. The Balaban J connectivity index is 1.96. The van der Waals surface area contributed by atoms with Gasteiger partial charge in [0.15, 0.2) is 0 Å². The van der Waals surface area contributed by atoms with Crippen molar-refractivity contribution in [2.45, 2.75) is 44.1 Å². The van der Waals surface area contributed by atoms with Crippen molar-refractivity contribution in [1.82, 2.24) is 0 Å². The van der Waals surface area contributed by atoms with E-state index in [9.17, 15) is 0 Å². The molecule has 16 heavy (non-hydrogen) atoms. The van der Waals surface area contributed by atoms with Gasteiger partial charge in [0.05, 0.1) is 6.61 Å². The molecular weight excluding hydrogens is 198 g/mol. The number of aryl methyl sites for hydroxylation is 1. The van der Waals surface area contributed by atoms with Gasteiger partial charge in [-0.05, 0) is 42.9 Å². The first kappa shape index (κ1) is 10.2. The molecule has 0 unspecified atom stereocenters. The molecule has 0 amide bonds. The summed E-state index contributed by atoms with van der Waals surface area (Å²) in [6.45, 7) is 0.855. The summed E-state index contributed by atoms with van der Waals surface area (Å²) in [6, 6.07) is 6.59. The highest BCUT2D eigenvalue weighted by Gasteiger charge is 2.31. The Labute approximate surface area is 96.8 Å². The van der Waals surface area contributed by atoms with Crippen molar-refractivity contribution in [1.29, 1.82) is 0 Å². The molecule has 1 saturated carbocycles. The van der Waals surface area contributed by atoms with E-state index in [4.69, 9.17) is 10.5 Å². The smallest absolute Gasteiger partial charge is 0.122 e. The Morgan fingerprint density at radius 3 is 2.75 bits per heavy atom. The Morgan fingerprint density at radius 1 is 1.12 bits per heavy atom. The van der Waals surface area contributed by atoms with Crippen LogP contribution in [0.1, 0.15) is 43.2 Å². The molecule has 1 fully saturated rings. The van der Waals surface area contributed by atoms with Crippen molar-refractivity contribution in [3.8, 4) is 5.75 Å². The molecule has 0 bridgehead atoms. The highest BCUT2D eigenvalue weighted by Crippen LogP contribution is 2.38. The second kappa shape index (κ2) is 3.77. The van der Waals surface area contributed by atoms with Crippen molar-refractivity contribution in [2.75, 3.05) is 6.61 Å². The summed E-state index contributed by atoms with van der Waals surface area (Å²) in [5.41, 5.74) is 8.98. The van der Waals surface area contributed by atoms with Crippen LogP contribution in [0.4, 0.5) is 0 Å². The molecule has 2 heteroatoms. The second-order valence-corrected chi connectivity index (χ2v) is 5.14. The van der Waals surface area contributed by atoms with Crippen LogP contribution in [0.25, 0.3) is 0 Å². The molecule has 1 aromatic rings. The number of nitrogens with two attached hydrogens (primary N) is 1. The molecule has 0 aromatic heterocycles. The predicted molar refractivity (Wildman–Crippen MR) is 64.6 cm³/mol. The fourth-order valence-electron chi connectivity index (χ4n) is 2.94. The van der Waals surface area contributed by atoms with Crippen LogP contribution >= 0.6 is 0 Å². The number of benzene rings is 1. The summed E-state index contributed by atoms with van der Waals surface area (Å²) < 4.78 is 5.71. The van der Waals surface area contributed by atoms with E-state index in [0.29, 0.717) is 0 Å². The fourth-order valence-corrected chi connectivity index (χ4v) is 2.94. The first-order valence-corrected chi connectivity index (χ1v) is 6.33. The van der Waals surface area contributed by atoms with Crippen LogP contribution in [0.2, 0.25) is 0 Å². The second-order valence-electron chi connectivity index (χ2n) is 5.14. The molecule has 0 saturated heterocycles. The third-order valence-corrected chi connectivity index (χ3v) is 3.99. The largest absolute Gasteiger partial charge is 0.493 e. The highest BCUT2D eigenvalue weighted by molar-refractivity contribution is 5.41. The normalized spacial score (nSPS) is 22.6. The van der Waals surface area contributed by atoms with Crippen LogP contribution in [-0.2, 0) is 12.0 Å². The van der Waals surface area contributed by atoms with Gasteiger partial charge in [0.25, 0.3) is 0 Å². The summed E-state index contributed by atoms with van der Waals surface area (Å²) in [7, 11) is 0. The van der Waals surface area contributed by atoms with Gasteiger partial charge in [-0.1, -0.05) is 25.0 Å². The summed E-state index contributed by atoms with van der Waals surface area (Å²) >= 11 is 0. The van der Waals surface area contributed by atoms with Gasteiger partial charge < -0.3 is 10.5 Å². The van der Waals surface area contributed by atoms with Crippen LogP contribution in [-0.4, -0.2) is 6.61 Å². The lowest BCUT2D eigenvalue weighted by Crippen LogP contribution is -2.33. The van der Waals surface area contributed by atoms with Crippen LogP contribution in [0.5, 0.6) is 5.75 Å². The average Bonchev–Trinajstić information content (AvgIpc) is 2.77. The molecule has 1 aliphatic carbocycles. The number of rotatable bonds is 1. The molecule has 2 nitrogen and oxygen atoms in total. The minimum Gasteiger partial charge on any atom is -0.493 e. The van der Waals surface area contributed by atoms with Crippen LogP contribution in [0.15, 0.2) is 18.2 Å². The maximum atomic E-state index is 6.46. The van der Waals surface area contributed by atoms with Gasteiger partial charge in [-0.2, -0.15) is 0 Å². The van der Waals surface area contributed by atoms with Gasteiger partial charge >= 0.3 is 0 Å². The van der Waals surface area contributed by atoms with Crippen molar-refractivity contribution < 1.29 is 4.74 Å². The minimum absolute atomic E-state index is 0.0875. The molecule has 1 aromatic carbocycles. The van der Waals surface area contributed by atoms with Gasteiger partial charge in [-0.3, -0.25) is 0 Å². The zero-order valence-corrected chi connectivity index (χ0v) is 9.67. The Morgan fingerprint density at radius 2 is 1.94 bits per heavy atom. The molecule has 1 aliphatic heterocycles. The maximum absolute atomic E-state index is 6.46. The van der Waals surface area contributed by atoms with E-state index < -0.39 is 0 Å². The fraction of sp³-hybridized carbons (Fsp3) is 0.571. The van der Waals surface area contributed by atoms with Gasteiger partial charge in [-0.25, -0.2) is 0 Å². The predicted octanol–water partition coefficient (Wildman–Crippen LogP) is 2.74. The van der Waals surface area contributed by atoms with E-state index >= 15 is 0 Å². The van der Waals surface area contributed by atoms with Gasteiger partial charge in [-0.15, -0.1) is 0 Å². The standard InChI is InChI=1S/C14H19NO/c15-14(7-1-2-8-14)12-6-5-11-4-3-9-16-13(11)10-12/h5-6,10H,1-4,7-9,15H2. The quantitative estimate of drug-likeness (QED) is 0.785. The lowest BCUT2D eigenvalue weighted by atomic mass is 9.88. The number of hydrogen-bond acceptors (Lipinski definition) is 2. The maximum Gasteiger partial charge on any atom is 0.122 e. The van der Waals surface area contributed by atoms with E-state index in [1.165, 1.54) is 24.0 Å². The Bertz CT molecular complexity index is 394. The summed E-state index contributed by atoms with van der Waals surface area (Å²) in [6.07, 6.45) is 7.04. The lowest BCUT2D eigenvalue weighted by Gasteiger charge is -2.26. The van der Waals surface area contributed by atoms with Crippen LogP contribution in [0.3, 0.4) is 0 Å².